The van der Waals surface area contributed by atoms with Gasteiger partial charge >= 0.3 is 0 Å². The molecule has 2 aromatic carbocycles. The van der Waals surface area contributed by atoms with Crippen molar-refractivity contribution in [2.24, 2.45) is 5.73 Å². The van der Waals surface area contributed by atoms with Crippen LogP contribution in [0.2, 0.25) is 0 Å². The van der Waals surface area contributed by atoms with E-state index < -0.39 is 11.9 Å². The minimum Gasteiger partial charge on any atom is -0.368 e. The molecule has 0 bridgehead atoms. The van der Waals surface area contributed by atoms with Gasteiger partial charge in [-0.2, -0.15) is 5.26 Å². The molecule has 2 amide bonds. The van der Waals surface area contributed by atoms with E-state index in [1.165, 1.54) is 0 Å². The molecule has 26 heavy (non-hydrogen) atoms. The van der Waals surface area contributed by atoms with Gasteiger partial charge in [0.25, 0.3) is 5.91 Å². The van der Waals surface area contributed by atoms with Crippen LogP contribution in [-0.2, 0) is 16.6 Å². The van der Waals surface area contributed by atoms with Crippen molar-refractivity contribution in [1.29, 1.82) is 5.26 Å². The Labute approximate surface area is 153 Å². The summed E-state index contributed by atoms with van der Waals surface area (Å²) in [5.74, 6) is -0.947. The summed E-state index contributed by atoms with van der Waals surface area (Å²) >= 11 is 0. The Morgan fingerprint density at radius 2 is 1.65 bits per heavy atom. The third-order valence-corrected chi connectivity index (χ3v) is 4.18. The second-order valence-corrected chi connectivity index (χ2v) is 7.27. The molecular formula is C21H23N3O2. The molecule has 1 atom stereocenters. The first-order chi connectivity index (χ1) is 12.2. The van der Waals surface area contributed by atoms with Gasteiger partial charge in [-0.15, -0.1) is 0 Å². The van der Waals surface area contributed by atoms with Gasteiger partial charge in [0.2, 0.25) is 5.91 Å². The molecule has 0 aromatic heterocycles. The molecule has 0 unspecified atom stereocenters. The van der Waals surface area contributed by atoms with Crippen molar-refractivity contribution in [2.45, 2.75) is 38.6 Å². The van der Waals surface area contributed by atoms with E-state index in [-0.39, 0.29) is 17.7 Å². The normalized spacial score (nSPS) is 12.1. The number of carbonyl (C=O) groups is 2. The SMILES string of the molecule is CC(C)(C)c1ccc(C(=O)N[C@@H](Cc2ccc(C#N)cc2)C(N)=O)cc1. The Morgan fingerprint density at radius 3 is 2.12 bits per heavy atom. The number of primary amides is 1. The first-order valence-electron chi connectivity index (χ1n) is 8.40. The maximum atomic E-state index is 12.4. The predicted molar refractivity (Wildman–Crippen MR) is 100 cm³/mol. The Morgan fingerprint density at radius 1 is 1.08 bits per heavy atom. The van der Waals surface area contributed by atoms with Crippen molar-refractivity contribution < 1.29 is 9.59 Å². The third-order valence-electron chi connectivity index (χ3n) is 4.18. The van der Waals surface area contributed by atoms with Gasteiger partial charge in [0.1, 0.15) is 6.04 Å². The number of rotatable bonds is 5. The zero-order valence-electron chi connectivity index (χ0n) is 15.2. The van der Waals surface area contributed by atoms with Crippen LogP contribution in [0.25, 0.3) is 0 Å². The number of nitrogens with one attached hydrogen (secondary N) is 1. The summed E-state index contributed by atoms with van der Waals surface area (Å²) in [6.45, 7) is 6.30. The van der Waals surface area contributed by atoms with E-state index in [0.717, 1.165) is 11.1 Å². The van der Waals surface area contributed by atoms with Crippen molar-refractivity contribution in [3.63, 3.8) is 0 Å². The number of hydrogen-bond donors (Lipinski definition) is 2. The lowest BCUT2D eigenvalue weighted by Gasteiger charge is -2.19. The highest BCUT2D eigenvalue weighted by molar-refractivity contribution is 5.97. The molecule has 0 spiro atoms. The zero-order chi connectivity index (χ0) is 19.3. The van der Waals surface area contributed by atoms with E-state index in [1.54, 1.807) is 36.4 Å². The van der Waals surface area contributed by atoms with Crippen molar-refractivity contribution in [2.75, 3.05) is 0 Å². The summed E-state index contributed by atoms with van der Waals surface area (Å²) in [6.07, 6.45) is 0.271. The first kappa shape index (κ1) is 19.2. The fourth-order valence-electron chi connectivity index (χ4n) is 2.54. The lowest BCUT2D eigenvalue weighted by Crippen LogP contribution is -2.45. The van der Waals surface area contributed by atoms with Gasteiger partial charge in [0.05, 0.1) is 11.6 Å². The smallest absolute Gasteiger partial charge is 0.251 e. The third kappa shape index (κ3) is 4.93. The van der Waals surface area contributed by atoms with Gasteiger partial charge in [-0.05, 0) is 40.8 Å². The number of amides is 2. The molecule has 134 valence electrons. The molecule has 0 saturated carbocycles. The highest BCUT2D eigenvalue weighted by Gasteiger charge is 2.20. The second kappa shape index (κ2) is 7.83. The van der Waals surface area contributed by atoms with Crippen LogP contribution in [0.3, 0.4) is 0 Å². The molecule has 3 N–H and O–H groups in total. The van der Waals surface area contributed by atoms with Crippen LogP contribution >= 0.6 is 0 Å². The van der Waals surface area contributed by atoms with Crippen molar-refractivity contribution in [3.8, 4) is 6.07 Å². The Kier molecular flexibility index (Phi) is 5.78. The minimum atomic E-state index is -0.822. The lowest BCUT2D eigenvalue weighted by molar-refractivity contribution is -0.119. The van der Waals surface area contributed by atoms with Crippen molar-refractivity contribution >= 4 is 11.8 Å². The van der Waals surface area contributed by atoms with Crippen LogP contribution in [0.15, 0.2) is 48.5 Å². The molecule has 0 heterocycles. The molecule has 5 nitrogen and oxygen atoms in total. The molecule has 0 aliphatic heterocycles. The minimum absolute atomic E-state index is 0.000352. The Hall–Kier alpha value is -3.13. The fourth-order valence-corrected chi connectivity index (χ4v) is 2.54. The standard InChI is InChI=1S/C21H23N3O2/c1-21(2,3)17-10-8-16(9-11-17)20(26)24-18(19(23)25)12-14-4-6-15(13-22)7-5-14/h4-11,18H,12H2,1-3H3,(H2,23,25)(H,24,26)/t18-/m0/s1. The maximum Gasteiger partial charge on any atom is 0.251 e. The van der Waals surface area contributed by atoms with E-state index >= 15 is 0 Å². The molecule has 2 aromatic rings. The molecular weight excluding hydrogens is 326 g/mol. The van der Waals surface area contributed by atoms with Gasteiger partial charge < -0.3 is 11.1 Å². The fraction of sp³-hybridized carbons (Fsp3) is 0.286. The van der Waals surface area contributed by atoms with Gasteiger partial charge in [-0.1, -0.05) is 45.0 Å². The average molecular weight is 349 g/mol. The average Bonchev–Trinajstić information content (AvgIpc) is 2.61. The molecule has 2 rings (SSSR count). The van der Waals surface area contributed by atoms with E-state index in [1.807, 2.05) is 18.2 Å². The molecule has 0 saturated heterocycles. The van der Waals surface area contributed by atoms with E-state index in [2.05, 4.69) is 26.1 Å². The number of nitriles is 1. The van der Waals surface area contributed by atoms with E-state index in [0.29, 0.717) is 11.1 Å². The number of nitrogens with two attached hydrogens (primary N) is 1. The molecule has 0 radical (unpaired) electrons. The second-order valence-electron chi connectivity index (χ2n) is 7.27. The quantitative estimate of drug-likeness (QED) is 0.868. The largest absolute Gasteiger partial charge is 0.368 e. The monoisotopic (exact) mass is 349 g/mol. The first-order valence-corrected chi connectivity index (χ1v) is 8.40. The topological polar surface area (TPSA) is 96.0 Å². The summed E-state index contributed by atoms with van der Waals surface area (Å²) in [5.41, 5.74) is 8.39. The van der Waals surface area contributed by atoms with E-state index in [4.69, 9.17) is 11.0 Å². The summed E-state index contributed by atoms with van der Waals surface area (Å²) in [4.78, 5) is 24.2. The molecule has 0 fully saturated rings. The van der Waals surface area contributed by atoms with Crippen LogP contribution in [0.5, 0.6) is 0 Å². The summed E-state index contributed by atoms with van der Waals surface area (Å²) < 4.78 is 0. The number of benzene rings is 2. The zero-order valence-corrected chi connectivity index (χ0v) is 15.2. The summed E-state index contributed by atoms with van der Waals surface area (Å²) in [5, 5.41) is 11.5. The van der Waals surface area contributed by atoms with Crippen LogP contribution in [0.1, 0.15) is 47.8 Å². The van der Waals surface area contributed by atoms with Crippen LogP contribution in [-0.4, -0.2) is 17.9 Å². The van der Waals surface area contributed by atoms with Gasteiger partial charge in [0, 0.05) is 12.0 Å². The lowest BCUT2D eigenvalue weighted by atomic mass is 9.86. The van der Waals surface area contributed by atoms with Crippen LogP contribution in [0, 0.1) is 11.3 Å². The summed E-state index contributed by atoms with van der Waals surface area (Å²) in [7, 11) is 0. The van der Waals surface area contributed by atoms with Gasteiger partial charge in [0.15, 0.2) is 0 Å². The van der Waals surface area contributed by atoms with Crippen LogP contribution < -0.4 is 11.1 Å². The van der Waals surface area contributed by atoms with Crippen molar-refractivity contribution in [1.82, 2.24) is 5.32 Å². The van der Waals surface area contributed by atoms with E-state index in [9.17, 15) is 9.59 Å². The predicted octanol–water partition coefficient (Wildman–Crippen LogP) is 2.68. The highest BCUT2D eigenvalue weighted by atomic mass is 16.2. The molecule has 5 heteroatoms. The highest BCUT2D eigenvalue weighted by Crippen LogP contribution is 2.22. The van der Waals surface area contributed by atoms with Gasteiger partial charge in [-0.25, -0.2) is 0 Å². The van der Waals surface area contributed by atoms with Crippen molar-refractivity contribution in [3.05, 3.63) is 70.8 Å². The number of hydrogen-bond acceptors (Lipinski definition) is 3. The molecule has 0 aliphatic carbocycles. The Bertz CT molecular complexity index is 826. The van der Waals surface area contributed by atoms with Gasteiger partial charge in [-0.3, -0.25) is 9.59 Å². The molecule has 0 aliphatic rings. The Balaban J connectivity index is 2.10. The number of carbonyl (C=O) groups excluding carboxylic acids is 2. The number of nitrogens with zero attached hydrogens (tertiary/aromatic N) is 1. The van der Waals surface area contributed by atoms with Crippen LogP contribution in [0.4, 0.5) is 0 Å². The summed E-state index contributed by atoms with van der Waals surface area (Å²) in [6, 6.07) is 15.4. The maximum absolute atomic E-state index is 12.4.